The number of aromatic nitrogens is 1. The molecule has 1 heterocycles. The fourth-order valence-corrected chi connectivity index (χ4v) is 2.31. The maximum absolute atomic E-state index is 12.2. The summed E-state index contributed by atoms with van der Waals surface area (Å²) in [4.78, 5) is 24.2. The summed E-state index contributed by atoms with van der Waals surface area (Å²) in [5, 5.41) is 13.7. The number of para-hydroxylation sites is 1. The normalized spacial score (nSPS) is 11.3. The lowest BCUT2D eigenvalue weighted by atomic mass is 10.2. The third-order valence-corrected chi connectivity index (χ3v) is 3.79. The molecule has 1 atom stereocenters. The molecule has 0 bridgehead atoms. The highest BCUT2D eigenvalue weighted by Gasteiger charge is 2.19. The fraction of sp³-hybridized carbons (Fsp3) is 0.0952. The van der Waals surface area contributed by atoms with Gasteiger partial charge in [0.1, 0.15) is 11.5 Å². The van der Waals surface area contributed by atoms with E-state index in [4.69, 9.17) is 9.47 Å². The molecule has 0 saturated heterocycles. The van der Waals surface area contributed by atoms with E-state index < -0.39 is 18.0 Å². The van der Waals surface area contributed by atoms with Crippen LogP contribution in [0.25, 0.3) is 0 Å². The minimum atomic E-state index is -1.01. The summed E-state index contributed by atoms with van der Waals surface area (Å²) in [6.07, 6.45) is 1.35. The molecular formula is C21H18N2O5. The Bertz CT molecular complexity index is 941. The zero-order chi connectivity index (χ0) is 19.9. The fourth-order valence-electron chi connectivity index (χ4n) is 2.31. The Balaban J connectivity index is 1.54. The summed E-state index contributed by atoms with van der Waals surface area (Å²) in [6, 6.07) is 18.8. The van der Waals surface area contributed by atoms with Crippen LogP contribution in [0.4, 0.5) is 5.69 Å². The summed E-state index contributed by atoms with van der Waals surface area (Å²) >= 11 is 0. The Hall–Kier alpha value is -3.87. The van der Waals surface area contributed by atoms with Gasteiger partial charge in [-0.3, -0.25) is 4.79 Å². The molecule has 0 spiro atoms. The van der Waals surface area contributed by atoms with E-state index in [1.54, 1.807) is 24.3 Å². The van der Waals surface area contributed by atoms with Crippen LogP contribution in [0.15, 0.2) is 79.1 Å². The lowest BCUT2D eigenvalue weighted by molar-refractivity contribution is -0.605. The number of rotatable bonds is 6. The standard InChI is InChI=1S/C21H18N2O5/c1-15(27-21(25)16-11-13-23(26)14-12-16)20(24)22-17-7-9-19(10-8-17)28-18-5-3-2-4-6-18/h2-15H,1H3,(H,22,24)/t15-/m1/s1. The average molecular weight is 378 g/mol. The number of benzene rings is 2. The maximum Gasteiger partial charge on any atom is 0.339 e. The van der Waals surface area contributed by atoms with E-state index in [9.17, 15) is 14.8 Å². The van der Waals surface area contributed by atoms with Crippen LogP contribution in [-0.2, 0) is 9.53 Å². The molecule has 3 aromatic rings. The minimum Gasteiger partial charge on any atom is -0.619 e. The van der Waals surface area contributed by atoms with E-state index in [2.05, 4.69) is 5.32 Å². The Morgan fingerprint density at radius 3 is 2.18 bits per heavy atom. The molecule has 0 aliphatic heterocycles. The molecule has 0 radical (unpaired) electrons. The van der Waals surface area contributed by atoms with Gasteiger partial charge in [-0.2, -0.15) is 4.73 Å². The van der Waals surface area contributed by atoms with Crippen LogP contribution in [0.3, 0.4) is 0 Å². The minimum absolute atomic E-state index is 0.189. The number of hydrogen-bond acceptors (Lipinski definition) is 5. The van der Waals surface area contributed by atoms with Crippen LogP contribution in [0.1, 0.15) is 17.3 Å². The first-order valence-electron chi connectivity index (χ1n) is 8.55. The van der Waals surface area contributed by atoms with Crippen molar-refractivity contribution in [3.63, 3.8) is 0 Å². The van der Waals surface area contributed by atoms with Crippen LogP contribution in [0.5, 0.6) is 11.5 Å². The SMILES string of the molecule is C[C@@H](OC(=O)c1cc[n+]([O-])cc1)C(=O)Nc1ccc(Oc2ccccc2)cc1. The van der Waals surface area contributed by atoms with E-state index in [0.717, 1.165) is 0 Å². The Morgan fingerprint density at radius 2 is 1.54 bits per heavy atom. The van der Waals surface area contributed by atoms with Crippen molar-refractivity contribution in [2.24, 2.45) is 0 Å². The number of esters is 1. The highest BCUT2D eigenvalue weighted by Crippen LogP contribution is 2.22. The van der Waals surface area contributed by atoms with Gasteiger partial charge in [0.15, 0.2) is 18.5 Å². The topological polar surface area (TPSA) is 91.6 Å². The second-order valence-electron chi connectivity index (χ2n) is 5.92. The maximum atomic E-state index is 12.2. The summed E-state index contributed by atoms with van der Waals surface area (Å²) in [5.74, 6) is 0.182. The second-order valence-corrected chi connectivity index (χ2v) is 5.92. The Labute approximate surface area is 161 Å². The van der Waals surface area contributed by atoms with E-state index in [1.807, 2.05) is 30.3 Å². The van der Waals surface area contributed by atoms with Crippen molar-refractivity contribution in [3.8, 4) is 11.5 Å². The van der Waals surface area contributed by atoms with Gasteiger partial charge >= 0.3 is 5.97 Å². The molecule has 0 saturated carbocycles. The van der Waals surface area contributed by atoms with Gasteiger partial charge in [0, 0.05) is 17.8 Å². The van der Waals surface area contributed by atoms with E-state index in [0.29, 0.717) is 21.9 Å². The lowest BCUT2D eigenvalue weighted by Gasteiger charge is -2.14. The molecule has 1 amide bonds. The smallest absolute Gasteiger partial charge is 0.339 e. The zero-order valence-corrected chi connectivity index (χ0v) is 15.1. The molecule has 7 nitrogen and oxygen atoms in total. The number of anilines is 1. The summed E-state index contributed by atoms with van der Waals surface area (Å²) in [5.41, 5.74) is 0.731. The largest absolute Gasteiger partial charge is 0.619 e. The molecule has 28 heavy (non-hydrogen) atoms. The highest BCUT2D eigenvalue weighted by atomic mass is 16.5. The Morgan fingerprint density at radius 1 is 0.929 bits per heavy atom. The number of amides is 1. The van der Waals surface area contributed by atoms with Gasteiger partial charge < -0.3 is 20.0 Å². The summed E-state index contributed by atoms with van der Waals surface area (Å²) < 4.78 is 11.4. The molecule has 1 aromatic heterocycles. The van der Waals surface area contributed by atoms with Crippen molar-refractivity contribution in [1.29, 1.82) is 0 Å². The van der Waals surface area contributed by atoms with Crippen LogP contribution in [0, 0.1) is 5.21 Å². The third-order valence-electron chi connectivity index (χ3n) is 3.79. The molecule has 7 heteroatoms. The molecule has 0 unspecified atom stereocenters. The second kappa shape index (κ2) is 8.68. The van der Waals surface area contributed by atoms with Gasteiger partial charge in [-0.05, 0) is 43.3 Å². The molecule has 0 fully saturated rings. The monoisotopic (exact) mass is 378 g/mol. The molecular weight excluding hydrogens is 360 g/mol. The van der Waals surface area contributed by atoms with Crippen molar-refractivity contribution in [2.45, 2.75) is 13.0 Å². The molecule has 142 valence electrons. The van der Waals surface area contributed by atoms with Crippen molar-refractivity contribution in [2.75, 3.05) is 5.32 Å². The van der Waals surface area contributed by atoms with Crippen molar-refractivity contribution < 1.29 is 23.8 Å². The number of nitrogens with zero attached hydrogens (tertiary/aromatic N) is 1. The van der Waals surface area contributed by atoms with Gasteiger partial charge in [-0.15, -0.1) is 0 Å². The molecule has 0 aliphatic rings. The van der Waals surface area contributed by atoms with Gasteiger partial charge in [0.05, 0.1) is 5.56 Å². The predicted molar refractivity (Wildman–Crippen MR) is 102 cm³/mol. The first kappa shape index (κ1) is 18.9. The van der Waals surface area contributed by atoms with Crippen molar-refractivity contribution in [1.82, 2.24) is 0 Å². The van der Waals surface area contributed by atoms with Gasteiger partial charge in [0.2, 0.25) is 0 Å². The highest BCUT2D eigenvalue weighted by molar-refractivity contribution is 5.97. The quantitative estimate of drug-likeness (QED) is 0.404. The van der Waals surface area contributed by atoms with Crippen LogP contribution in [0.2, 0.25) is 0 Å². The lowest BCUT2D eigenvalue weighted by Crippen LogP contribution is -2.30. The third kappa shape index (κ3) is 5.07. The zero-order valence-electron chi connectivity index (χ0n) is 15.1. The predicted octanol–water partition coefficient (Wildman–Crippen LogP) is 3.30. The van der Waals surface area contributed by atoms with E-state index in [-0.39, 0.29) is 5.56 Å². The van der Waals surface area contributed by atoms with Crippen molar-refractivity contribution >= 4 is 17.6 Å². The van der Waals surface area contributed by atoms with Gasteiger partial charge in [0.25, 0.3) is 5.91 Å². The van der Waals surface area contributed by atoms with Gasteiger partial charge in [-0.25, -0.2) is 4.79 Å². The first-order chi connectivity index (χ1) is 13.5. The number of nitrogens with one attached hydrogen (secondary N) is 1. The number of ether oxygens (including phenoxy) is 2. The molecule has 3 rings (SSSR count). The number of carbonyl (C=O) groups is 2. The Kier molecular flexibility index (Phi) is 5.86. The molecule has 1 N–H and O–H groups in total. The van der Waals surface area contributed by atoms with Crippen LogP contribution >= 0.6 is 0 Å². The average Bonchev–Trinajstić information content (AvgIpc) is 2.70. The number of pyridine rings is 1. The molecule has 0 aliphatic carbocycles. The van der Waals surface area contributed by atoms with Crippen molar-refractivity contribution in [3.05, 3.63) is 89.9 Å². The van der Waals surface area contributed by atoms with E-state index >= 15 is 0 Å². The first-order valence-corrected chi connectivity index (χ1v) is 8.55. The van der Waals surface area contributed by atoms with E-state index in [1.165, 1.54) is 31.5 Å². The number of carbonyl (C=O) groups excluding carboxylic acids is 2. The van der Waals surface area contributed by atoms with Gasteiger partial charge in [-0.1, -0.05) is 18.2 Å². The number of hydrogen-bond donors (Lipinski definition) is 1. The molecule has 2 aromatic carbocycles. The summed E-state index contributed by atoms with van der Waals surface area (Å²) in [7, 11) is 0. The summed E-state index contributed by atoms with van der Waals surface area (Å²) in [6.45, 7) is 1.47. The van der Waals surface area contributed by atoms with Crippen LogP contribution in [-0.4, -0.2) is 18.0 Å². The van der Waals surface area contributed by atoms with Crippen LogP contribution < -0.4 is 14.8 Å².